The van der Waals surface area contributed by atoms with Gasteiger partial charge in [-0.25, -0.2) is 0 Å². The largest absolute Gasteiger partial charge is 0.462 e. The fraction of sp³-hybridized carbons (Fsp3) is 0.639. The monoisotopic (exact) mass is 913 g/mol. The molecular formula is C61H100O5. The van der Waals surface area contributed by atoms with Gasteiger partial charge < -0.3 is 14.2 Å². The van der Waals surface area contributed by atoms with Crippen LogP contribution in [0.25, 0.3) is 0 Å². The highest BCUT2D eigenvalue weighted by Gasteiger charge is 2.17. The van der Waals surface area contributed by atoms with E-state index in [2.05, 4.69) is 136 Å². The Bertz CT molecular complexity index is 1350. The summed E-state index contributed by atoms with van der Waals surface area (Å²) >= 11 is 0. The predicted octanol–water partition coefficient (Wildman–Crippen LogP) is 18.6. The van der Waals surface area contributed by atoms with Crippen LogP contribution in [0.5, 0.6) is 0 Å². The molecule has 1 atom stereocenters. The fourth-order valence-electron chi connectivity index (χ4n) is 7.07. The van der Waals surface area contributed by atoms with Crippen LogP contribution in [-0.4, -0.2) is 37.9 Å². The number of ether oxygens (including phenoxy) is 3. The molecule has 0 aromatic carbocycles. The summed E-state index contributed by atoms with van der Waals surface area (Å²) in [6.07, 6.45) is 78.1. The first-order valence-electron chi connectivity index (χ1n) is 27.1. The molecule has 0 radical (unpaired) electrons. The molecule has 0 N–H and O–H groups in total. The standard InChI is InChI=1S/C61H100O5/c1-4-7-10-13-16-19-22-25-27-29-30-31-33-35-38-41-44-47-50-53-56-64-57-59(66-61(63)55-52-49-46-43-40-36-24-21-18-15-12-9-6-3)58-65-60(62)54-51-48-45-42-39-37-34-32-28-26-23-20-17-14-11-8-5-2/h7,9-10,12,16,18-19,21,25,27,30-31,35-36,38,40,44,46-47,49,59H,4-6,8,11,13-15,17,20,22-24,26,28-29,32-34,37,39,41-43,45,48,50-58H2,1-3H3/b10-7-,12-9-,19-16-,21-18-,27-25-,31-30-,38-35-,40-36-,47-44-,49-46-. The summed E-state index contributed by atoms with van der Waals surface area (Å²) in [4.78, 5) is 25.4. The number of unbranched alkanes of at least 4 members (excludes halogenated alkanes) is 17. The minimum absolute atomic E-state index is 0.0284. The lowest BCUT2D eigenvalue weighted by Gasteiger charge is -2.18. The number of hydrogen-bond donors (Lipinski definition) is 0. The lowest BCUT2D eigenvalue weighted by atomic mass is 10.0. The lowest BCUT2D eigenvalue weighted by Crippen LogP contribution is -2.30. The molecule has 0 aromatic rings. The van der Waals surface area contributed by atoms with E-state index in [0.717, 1.165) is 96.3 Å². The van der Waals surface area contributed by atoms with Crippen LogP contribution in [0.1, 0.15) is 226 Å². The van der Waals surface area contributed by atoms with Gasteiger partial charge in [-0.05, 0) is 89.9 Å². The van der Waals surface area contributed by atoms with Gasteiger partial charge in [-0.2, -0.15) is 0 Å². The number of esters is 2. The summed E-state index contributed by atoms with van der Waals surface area (Å²) < 4.78 is 17.3. The maximum absolute atomic E-state index is 12.8. The van der Waals surface area contributed by atoms with Crippen LogP contribution >= 0.6 is 0 Å². The predicted molar refractivity (Wildman–Crippen MR) is 288 cm³/mol. The molecule has 5 nitrogen and oxygen atoms in total. The third-order valence-electron chi connectivity index (χ3n) is 11.0. The Balaban J connectivity index is 4.43. The van der Waals surface area contributed by atoms with Gasteiger partial charge in [0.25, 0.3) is 0 Å². The van der Waals surface area contributed by atoms with Gasteiger partial charge in [0.05, 0.1) is 6.61 Å². The number of allylic oxidation sites excluding steroid dienone is 20. The van der Waals surface area contributed by atoms with Crippen molar-refractivity contribution in [3.8, 4) is 0 Å². The molecule has 0 bridgehead atoms. The second-order valence-corrected chi connectivity index (χ2v) is 17.4. The minimum Gasteiger partial charge on any atom is -0.462 e. The minimum atomic E-state index is -0.611. The third kappa shape index (κ3) is 52.9. The van der Waals surface area contributed by atoms with E-state index in [4.69, 9.17) is 14.2 Å². The van der Waals surface area contributed by atoms with Gasteiger partial charge in [0.2, 0.25) is 0 Å². The first-order valence-corrected chi connectivity index (χ1v) is 27.1. The Morgan fingerprint density at radius 1 is 0.348 bits per heavy atom. The van der Waals surface area contributed by atoms with E-state index in [1.54, 1.807) is 0 Å². The molecule has 0 aliphatic heterocycles. The smallest absolute Gasteiger partial charge is 0.306 e. The summed E-state index contributed by atoms with van der Waals surface area (Å²) in [6.45, 7) is 7.38. The van der Waals surface area contributed by atoms with Gasteiger partial charge >= 0.3 is 11.9 Å². The molecule has 0 aliphatic carbocycles. The van der Waals surface area contributed by atoms with E-state index in [1.807, 2.05) is 6.08 Å². The first-order chi connectivity index (χ1) is 32.6. The van der Waals surface area contributed by atoms with Crippen LogP contribution in [0.3, 0.4) is 0 Å². The zero-order chi connectivity index (χ0) is 47.7. The third-order valence-corrected chi connectivity index (χ3v) is 11.0. The highest BCUT2D eigenvalue weighted by atomic mass is 16.6. The molecule has 0 spiro atoms. The number of carbonyl (C=O) groups excluding carboxylic acids is 2. The van der Waals surface area contributed by atoms with E-state index in [9.17, 15) is 9.59 Å². The van der Waals surface area contributed by atoms with Gasteiger partial charge in [0.1, 0.15) is 6.61 Å². The average Bonchev–Trinajstić information content (AvgIpc) is 3.32. The molecule has 374 valence electrons. The highest BCUT2D eigenvalue weighted by Crippen LogP contribution is 2.15. The summed E-state index contributed by atoms with van der Waals surface area (Å²) in [6, 6.07) is 0. The second-order valence-electron chi connectivity index (χ2n) is 17.4. The van der Waals surface area contributed by atoms with E-state index in [-0.39, 0.29) is 31.6 Å². The zero-order valence-corrected chi connectivity index (χ0v) is 42.9. The van der Waals surface area contributed by atoms with Gasteiger partial charge in [-0.3, -0.25) is 9.59 Å². The molecular weight excluding hydrogens is 813 g/mol. The summed E-state index contributed by atoms with van der Waals surface area (Å²) in [5, 5.41) is 0. The summed E-state index contributed by atoms with van der Waals surface area (Å²) in [7, 11) is 0. The topological polar surface area (TPSA) is 61.8 Å². The molecule has 0 fully saturated rings. The van der Waals surface area contributed by atoms with Crippen molar-refractivity contribution in [2.75, 3.05) is 19.8 Å². The van der Waals surface area contributed by atoms with Crippen molar-refractivity contribution in [3.63, 3.8) is 0 Å². The molecule has 0 heterocycles. The number of carbonyl (C=O) groups is 2. The van der Waals surface area contributed by atoms with Gasteiger partial charge in [0.15, 0.2) is 6.10 Å². The van der Waals surface area contributed by atoms with Crippen molar-refractivity contribution in [2.45, 2.75) is 232 Å². The quantitative estimate of drug-likeness (QED) is 0.0346. The average molecular weight is 913 g/mol. The molecule has 5 heteroatoms. The molecule has 0 rings (SSSR count). The van der Waals surface area contributed by atoms with Gasteiger partial charge in [-0.1, -0.05) is 245 Å². The fourth-order valence-corrected chi connectivity index (χ4v) is 7.07. The first kappa shape index (κ1) is 62.3. The van der Waals surface area contributed by atoms with Crippen LogP contribution in [0, 0.1) is 0 Å². The van der Waals surface area contributed by atoms with E-state index in [1.165, 1.54) is 89.9 Å². The normalized spacial score (nSPS) is 13.2. The lowest BCUT2D eigenvalue weighted by molar-refractivity contribution is -0.162. The molecule has 0 saturated heterocycles. The van der Waals surface area contributed by atoms with Gasteiger partial charge in [0, 0.05) is 19.4 Å². The van der Waals surface area contributed by atoms with Crippen molar-refractivity contribution < 1.29 is 23.8 Å². The zero-order valence-electron chi connectivity index (χ0n) is 42.9. The van der Waals surface area contributed by atoms with E-state index < -0.39 is 6.10 Å². The Morgan fingerprint density at radius 2 is 0.697 bits per heavy atom. The van der Waals surface area contributed by atoms with Crippen molar-refractivity contribution in [2.24, 2.45) is 0 Å². The molecule has 0 aliphatic rings. The highest BCUT2D eigenvalue weighted by molar-refractivity contribution is 5.70. The summed E-state index contributed by atoms with van der Waals surface area (Å²) in [5.41, 5.74) is 0. The summed E-state index contributed by atoms with van der Waals surface area (Å²) in [5.74, 6) is -0.525. The Morgan fingerprint density at radius 3 is 1.09 bits per heavy atom. The van der Waals surface area contributed by atoms with E-state index in [0.29, 0.717) is 19.4 Å². The van der Waals surface area contributed by atoms with Crippen LogP contribution < -0.4 is 0 Å². The van der Waals surface area contributed by atoms with Crippen LogP contribution in [0.2, 0.25) is 0 Å². The Kier molecular flexibility index (Phi) is 52.5. The van der Waals surface area contributed by atoms with Crippen LogP contribution in [0.15, 0.2) is 122 Å². The van der Waals surface area contributed by atoms with Crippen molar-refractivity contribution in [1.29, 1.82) is 0 Å². The second kappa shape index (κ2) is 55.6. The number of rotatable bonds is 48. The van der Waals surface area contributed by atoms with Crippen molar-refractivity contribution in [1.82, 2.24) is 0 Å². The van der Waals surface area contributed by atoms with Crippen molar-refractivity contribution >= 4 is 11.9 Å². The maximum atomic E-state index is 12.8. The molecule has 66 heavy (non-hydrogen) atoms. The number of hydrogen-bond acceptors (Lipinski definition) is 5. The molecule has 0 aromatic heterocycles. The van der Waals surface area contributed by atoms with E-state index >= 15 is 0 Å². The Hall–Kier alpha value is -3.70. The van der Waals surface area contributed by atoms with Crippen LogP contribution in [-0.2, 0) is 23.8 Å². The van der Waals surface area contributed by atoms with Gasteiger partial charge in [-0.15, -0.1) is 0 Å². The molecule has 0 amide bonds. The SMILES string of the molecule is CC/C=C\C/C=C\C/C=C\C/C=C\C/C=C\C/C=C\CCCOCC(COC(=O)CCCCCCCCCCCCCCCCCCC)OC(=O)CC/C=C\C/C=C\C/C=C\C/C=C\CC. The molecule has 0 saturated carbocycles. The molecule has 1 unspecified atom stereocenters. The Labute approximate surface area is 407 Å². The van der Waals surface area contributed by atoms with Crippen LogP contribution in [0.4, 0.5) is 0 Å². The maximum Gasteiger partial charge on any atom is 0.306 e. The van der Waals surface area contributed by atoms with Crippen molar-refractivity contribution in [3.05, 3.63) is 122 Å².